The zero-order valence-corrected chi connectivity index (χ0v) is 11.8. The van der Waals surface area contributed by atoms with E-state index < -0.39 is 6.04 Å². The van der Waals surface area contributed by atoms with E-state index in [0.29, 0.717) is 6.42 Å². The molecule has 3 rings (SSSR count). The van der Waals surface area contributed by atoms with Crippen molar-refractivity contribution in [2.75, 3.05) is 12.4 Å². The van der Waals surface area contributed by atoms with E-state index in [-0.39, 0.29) is 34.6 Å². The van der Waals surface area contributed by atoms with Crippen LogP contribution < -0.4 is 10.1 Å². The van der Waals surface area contributed by atoms with Crippen molar-refractivity contribution in [3.8, 4) is 11.5 Å². The lowest BCUT2D eigenvalue weighted by Crippen LogP contribution is -2.38. The van der Waals surface area contributed by atoms with Gasteiger partial charge in [0.05, 0.1) is 12.7 Å². The summed E-state index contributed by atoms with van der Waals surface area (Å²) in [5, 5.41) is 12.8. The van der Waals surface area contributed by atoms with Crippen LogP contribution in [0.2, 0.25) is 0 Å². The summed E-state index contributed by atoms with van der Waals surface area (Å²) in [6, 6.07) is 2.51. The molecule has 1 aromatic carbocycles. The van der Waals surface area contributed by atoms with Crippen molar-refractivity contribution in [3.63, 3.8) is 0 Å². The van der Waals surface area contributed by atoms with Crippen LogP contribution in [0.3, 0.4) is 0 Å². The topological polar surface area (TPSA) is 78.9 Å². The zero-order chi connectivity index (χ0) is 15.1. The second kappa shape index (κ2) is 4.80. The van der Waals surface area contributed by atoms with Gasteiger partial charge in [0.1, 0.15) is 11.7 Å². The second-order valence-corrected chi connectivity index (χ2v) is 5.10. The number of aromatic hydroxyl groups is 1. The van der Waals surface area contributed by atoms with Gasteiger partial charge in [0.2, 0.25) is 5.91 Å². The van der Waals surface area contributed by atoms with Gasteiger partial charge in [-0.05, 0) is 25.0 Å². The molecule has 21 heavy (non-hydrogen) atoms. The van der Waals surface area contributed by atoms with Gasteiger partial charge in [0.25, 0.3) is 5.91 Å². The van der Waals surface area contributed by atoms with E-state index in [1.165, 1.54) is 18.1 Å². The van der Waals surface area contributed by atoms with Crippen molar-refractivity contribution in [2.45, 2.75) is 25.8 Å². The fraction of sp³-hybridized carbons (Fsp3) is 0.333. The fourth-order valence-electron chi connectivity index (χ4n) is 2.73. The maximum atomic E-state index is 12.6. The quantitative estimate of drug-likeness (QED) is 0.814. The van der Waals surface area contributed by atoms with E-state index in [9.17, 15) is 14.7 Å². The zero-order valence-electron chi connectivity index (χ0n) is 11.8. The summed E-state index contributed by atoms with van der Waals surface area (Å²) in [7, 11) is 1.41. The van der Waals surface area contributed by atoms with Crippen molar-refractivity contribution < 1.29 is 19.4 Å². The first-order chi connectivity index (χ1) is 10.1. The van der Waals surface area contributed by atoms with Crippen LogP contribution in [0.1, 0.15) is 30.1 Å². The van der Waals surface area contributed by atoms with E-state index in [1.807, 2.05) is 6.92 Å². The number of rotatable bonds is 2. The van der Waals surface area contributed by atoms with Crippen LogP contribution in [-0.2, 0) is 4.79 Å². The molecule has 0 aliphatic carbocycles. The summed E-state index contributed by atoms with van der Waals surface area (Å²) in [6.07, 6.45) is 3.07. The van der Waals surface area contributed by atoms with E-state index in [4.69, 9.17) is 4.74 Å². The standard InChI is InChI=1S/C15H16N2O4/c1-3-8-6-10-14(19)16-12-9(15(20)17(10)7-8)4-5-11(21-2)13(12)18/h4-5,7,10,18H,3,6H2,1-2H3,(H,16,19)/t10-/m0/s1. The molecule has 2 aliphatic heterocycles. The van der Waals surface area contributed by atoms with Crippen LogP contribution in [0.5, 0.6) is 11.5 Å². The Hall–Kier alpha value is -2.50. The Morgan fingerprint density at radius 1 is 1.43 bits per heavy atom. The smallest absolute Gasteiger partial charge is 0.260 e. The third kappa shape index (κ3) is 1.94. The molecular weight excluding hydrogens is 272 g/mol. The summed E-state index contributed by atoms with van der Waals surface area (Å²) in [5.74, 6) is -0.605. The lowest BCUT2D eigenvalue weighted by molar-refractivity contribution is -0.119. The van der Waals surface area contributed by atoms with Gasteiger partial charge in [-0.15, -0.1) is 0 Å². The number of nitrogens with zero attached hydrogens (tertiary/aromatic N) is 1. The van der Waals surface area contributed by atoms with Crippen LogP contribution in [0, 0.1) is 0 Å². The average Bonchev–Trinajstić information content (AvgIpc) is 2.89. The number of phenolic OH excluding ortho intramolecular Hbond substituents is 1. The Morgan fingerprint density at radius 3 is 2.86 bits per heavy atom. The molecule has 110 valence electrons. The number of methoxy groups -OCH3 is 1. The van der Waals surface area contributed by atoms with Gasteiger partial charge in [0, 0.05) is 6.20 Å². The largest absolute Gasteiger partial charge is 0.503 e. The van der Waals surface area contributed by atoms with E-state index in [1.54, 1.807) is 12.3 Å². The highest BCUT2D eigenvalue weighted by Gasteiger charge is 2.39. The highest BCUT2D eigenvalue weighted by atomic mass is 16.5. The molecule has 6 nitrogen and oxygen atoms in total. The highest BCUT2D eigenvalue weighted by Crippen LogP contribution is 2.40. The van der Waals surface area contributed by atoms with Gasteiger partial charge in [-0.25, -0.2) is 0 Å². The molecule has 6 heteroatoms. The minimum atomic E-state index is -0.551. The molecule has 2 heterocycles. The summed E-state index contributed by atoms with van der Waals surface area (Å²) < 4.78 is 5.01. The molecule has 0 aromatic heterocycles. The summed E-state index contributed by atoms with van der Waals surface area (Å²) in [5.41, 5.74) is 1.44. The highest BCUT2D eigenvalue weighted by molar-refractivity contribution is 6.12. The fourth-order valence-corrected chi connectivity index (χ4v) is 2.73. The van der Waals surface area contributed by atoms with Crippen molar-refractivity contribution in [2.24, 2.45) is 0 Å². The molecule has 1 aromatic rings. The molecule has 2 aliphatic rings. The SMILES string of the molecule is CCC1=CN2C(=O)c3ccc(OC)c(O)c3NC(=O)[C@@H]2C1. The van der Waals surface area contributed by atoms with Gasteiger partial charge in [-0.2, -0.15) is 0 Å². The lowest BCUT2D eigenvalue weighted by Gasteiger charge is -2.18. The average molecular weight is 288 g/mol. The van der Waals surface area contributed by atoms with Gasteiger partial charge >= 0.3 is 0 Å². The van der Waals surface area contributed by atoms with Crippen LogP contribution in [-0.4, -0.2) is 35.0 Å². The third-order valence-corrected chi connectivity index (χ3v) is 3.94. The van der Waals surface area contributed by atoms with Crippen LogP contribution >= 0.6 is 0 Å². The van der Waals surface area contributed by atoms with Crippen molar-refractivity contribution >= 4 is 17.5 Å². The number of amides is 2. The lowest BCUT2D eigenvalue weighted by atomic mass is 10.1. The second-order valence-electron chi connectivity index (χ2n) is 5.10. The summed E-state index contributed by atoms with van der Waals surface area (Å²) in [4.78, 5) is 26.4. The van der Waals surface area contributed by atoms with Crippen molar-refractivity contribution in [3.05, 3.63) is 29.5 Å². The van der Waals surface area contributed by atoms with E-state index >= 15 is 0 Å². The summed E-state index contributed by atoms with van der Waals surface area (Å²) >= 11 is 0. The third-order valence-electron chi connectivity index (χ3n) is 3.94. The normalized spacial score (nSPS) is 20.4. The first kappa shape index (κ1) is 13.5. The number of carbonyl (C=O) groups excluding carboxylic acids is 2. The number of anilines is 1. The van der Waals surface area contributed by atoms with E-state index in [0.717, 1.165) is 12.0 Å². The molecule has 2 amide bonds. The van der Waals surface area contributed by atoms with Gasteiger partial charge in [0.15, 0.2) is 11.5 Å². The molecule has 1 atom stereocenters. The number of benzene rings is 1. The Kier molecular flexibility index (Phi) is 3.08. The monoisotopic (exact) mass is 288 g/mol. The number of carbonyl (C=O) groups is 2. The van der Waals surface area contributed by atoms with Crippen LogP contribution in [0.15, 0.2) is 23.9 Å². The Morgan fingerprint density at radius 2 is 2.19 bits per heavy atom. The van der Waals surface area contributed by atoms with Crippen molar-refractivity contribution in [1.29, 1.82) is 0 Å². The minimum Gasteiger partial charge on any atom is -0.503 e. The molecule has 0 saturated heterocycles. The Labute approximate surface area is 122 Å². The molecular formula is C15H16N2O4. The number of hydrogen-bond donors (Lipinski definition) is 2. The molecule has 0 fully saturated rings. The maximum Gasteiger partial charge on any atom is 0.260 e. The van der Waals surface area contributed by atoms with Gasteiger partial charge in [-0.1, -0.05) is 12.5 Å². The number of phenols is 1. The summed E-state index contributed by atoms with van der Waals surface area (Å²) in [6.45, 7) is 1.99. The van der Waals surface area contributed by atoms with Crippen molar-refractivity contribution in [1.82, 2.24) is 4.90 Å². The Balaban J connectivity index is 2.12. The number of hydrogen-bond acceptors (Lipinski definition) is 4. The molecule has 2 N–H and O–H groups in total. The number of ether oxygens (including phenoxy) is 1. The number of nitrogens with one attached hydrogen (secondary N) is 1. The number of fused-ring (bicyclic) bond motifs is 2. The molecule has 0 unspecified atom stereocenters. The van der Waals surface area contributed by atoms with Gasteiger partial charge < -0.3 is 20.1 Å². The first-order valence-corrected chi connectivity index (χ1v) is 6.79. The molecule has 0 radical (unpaired) electrons. The maximum absolute atomic E-state index is 12.6. The molecule has 0 saturated carbocycles. The molecule has 0 bridgehead atoms. The Bertz CT molecular complexity index is 666. The van der Waals surface area contributed by atoms with E-state index in [2.05, 4.69) is 5.32 Å². The minimum absolute atomic E-state index is 0.116. The first-order valence-electron chi connectivity index (χ1n) is 6.79. The van der Waals surface area contributed by atoms with Crippen LogP contribution in [0.4, 0.5) is 5.69 Å². The van der Waals surface area contributed by atoms with Gasteiger partial charge in [-0.3, -0.25) is 9.59 Å². The van der Waals surface area contributed by atoms with Crippen LogP contribution in [0.25, 0.3) is 0 Å². The predicted octanol–water partition coefficient (Wildman–Crippen LogP) is 1.86. The predicted molar refractivity (Wildman–Crippen MR) is 76.2 cm³/mol. The molecule has 0 spiro atoms.